The minimum atomic E-state index is 0.00722. The van der Waals surface area contributed by atoms with Crippen LogP contribution >= 0.6 is 0 Å². The Bertz CT molecular complexity index is 135. The largest absolute Gasteiger partial charge is 0.297 e. The number of nitrogens with zero attached hydrogens (tertiary/aromatic N) is 1. The molecule has 0 spiro atoms. The Hall–Kier alpha value is -0.590. The zero-order chi connectivity index (χ0) is 7.40. The quantitative estimate of drug-likeness (QED) is 0.586. The lowest BCUT2D eigenvalue weighted by Crippen LogP contribution is -2.34. The van der Waals surface area contributed by atoms with Crippen LogP contribution in [-0.2, 0) is 4.84 Å². The van der Waals surface area contributed by atoms with Crippen molar-refractivity contribution >= 4 is 0 Å². The van der Waals surface area contributed by atoms with Gasteiger partial charge in [0.05, 0.1) is 18.1 Å². The molecule has 0 bridgehead atoms. The van der Waals surface area contributed by atoms with Gasteiger partial charge in [0.1, 0.15) is 0 Å². The van der Waals surface area contributed by atoms with Gasteiger partial charge in [0.2, 0.25) is 0 Å². The molecule has 10 heavy (non-hydrogen) atoms. The molecule has 1 fully saturated rings. The summed E-state index contributed by atoms with van der Waals surface area (Å²) >= 11 is 0. The van der Waals surface area contributed by atoms with Crippen molar-refractivity contribution < 1.29 is 4.84 Å². The molecule has 1 heterocycles. The first-order valence-electron chi connectivity index (χ1n) is 3.62. The third-order valence-corrected chi connectivity index (χ3v) is 1.76. The van der Waals surface area contributed by atoms with Gasteiger partial charge in [-0.2, -0.15) is 5.26 Å². The monoisotopic (exact) mass is 140 g/mol. The average Bonchev–Trinajstić information content (AvgIpc) is 2.05. The summed E-state index contributed by atoms with van der Waals surface area (Å²) in [7, 11) is 0. The van der Waals surface area contributed by atoms with E-state index in [0.29, 0.717) is 0 Å². The summed E-state index contributed by atoms with van der Waals surface area (Å²) < 4.78 is 0. The number of rotatable bonds is 1. The Kier molecular flexibility index (Phi) is 2.67. The van der Waals surface area contributed by atoms with E-state index in [-0.39, 0.29) is 12.0 Å². The number of hydrogen-bond donors (Lipinski definition) is 1. The summed E-state index contributed by atoms with van der Waals surface area (Å²) in [5.74, 6) is 0.00722. The minimum Gasteiger partial charge on any atom is -0.297 e. The molecule has 1 saturated heterocycles. The van der Waals surface area contributed by atoms with E-state index in [9.17, 15) is 0 Å². The molecule has 0 aromatic rings. The van der Waals surface area contributed by atoms with Crippen LogP contribution in [0, 0.1) is 17.2 Å². The number of nitrogens with one attached hydrogen (secondary N) is 1. The average molecular weight is 140 g/mol. The van der Waals surface area contributed by atoms with Gasteiger partial charge in [0, 0.05) is 6.54 Å². The highest BCUT2D eigenvalue weighted by atomic mass is 16.7. The Morgan fingerprint density at radius 3 is 3.10 bits per heavy atom. The fourth-order valence-electron chi connectivity index (χ4n) is 1.04. The Morgan fingerprint density at radius 1 is 1.80 bits per heavy atom. The second-order valence-electron chi connectivity index (χ2n) is 2.61. The van der Waals surface area contributed by atoms with E-state index in [1.54, 1.807) is 0 Å². The zero-order valence-electron chi connectivity index (χ0n) is 6.13. The second kappa shape index (κ2) is 3.55. The first-order valence-corrected chi connectivity index (χ1v) is 3.62. The normalized spacial score (nSPS) is 29.0. The maximum Gasteiger partial charge on any atom is 0.0945 e. The Labute approximate surface area is 60.9 Å². The predicted octanol–water partition coefficient (Wildman–Crippen LogP) is 0.830. The van der Waals surface area contributed by atoms with Gasteiger partial charge in [0.15, 0.2) is 0 Å². The summed E-state index contributed by atoms with van der Waals surface area (Å²) in [6, 6.07) is 2.17. The smallest absolute Gasteiger partial charge is 0.0945 e. The van der Waals surface area contributed by atoms with Crippen molar-refractivity contribution in [3.63, 3.8) is 0 Å². The summed E-state index contributed by atoms with van der Waals surface area (Å²) in [4.78, 5) is 5.16. The van der Waals surface area contributed by atoms with Crippen LogP contribution in [0.1, 0.15) is 19.8 Å². The Morgan fingerprint density at radius 2 is 2.60 bits per heavy atom. The van der Waals surface area contributed by atoms with Gasteiger partial charge in [0.25, 0.3) is 0 Å². The van der Waals surface area contributed by atoms with E-state index < -0.39 is 0 Å². The second-order valence-corrected chi connectivity index (χ2v) is 2.61. The minimum absolute atomic E-state index is 0.00722. The third-order valence-electron chi connectivity index (χ3n) is 1.76. The van der Waals surface area contributed by atoms with Gasteiger partial charge in [-0.25, -0.2) is 5.48 Å². The van der Waals surface area contributed by atoms with Crippen molar-refractivity contribution in [2.75, 3.05) is 6.54 Å². The summed E-state index contributed by atoms with van der Waals surface area (Å²) in [6.45, 7) is 2.80. The molecule has 2 unspecified atom stereocenters. The van der Waals surface area contributed by atoms with Crippen molar-refractivity contribution in [1.82, 2.24) is 5.48 Å². The molecule has 1 aliphatic heterocycles. The molecular weight excluding hydrogens is 128 g/mol. The topological polar surface area (TPSA) is 45.0 Å². The van der Waals surface area contributed by atoms with Crippen LogP contribution in [0.5, 0.6) is 0 Å². The van der Waals surface area contributed by atoms with Crippen molar-refractivity contribution in [3.8, 4) is 6.07 Å². The third kappa shape index (κ3) is 1.69. The number of hydroxylamine groups is 1. The van der Waals surface area contributed by atoms with Crippen LogP contribution in [0.3, 0.4) is 0 Å². The van der Waals surface area contributed by atoms with E-state index in [1.807, 2.05) is 6.92 Å². The molecule has 1 N–H and O–H groups in total. The van der Waals surface area contributed by atoms with Crippen molar-refractivity contribution in [3.05, 3.63) is 0 Å². The highest BCUT2D eigenvalue weighted by Gasteiger charge is 2.20. The van der Waals surface area contributed by atoms with E-state index >= 15 is 0 Å². The highest BCUT2D eigenvalue weighted by Crippen LogP contribution is 2.14. The summed E-state index contributed by atoms with van der Waals surface area (Å²) in [5, 5.41) is 8.53. The molecule has 1 rings (SSSR count). The molecule has 0 amide bonds. The van der Waals surface area contributed by atoms with Crippen LogP contribution in [-0.4, -0.2) is 12.6 Å². The number of nitriles is 1. The fourth-order valence-corrected chi connectivity index (χ4v) is 1.04. The van der Waals surface area contributed by atoms with Gasteiger partial charge in [-0.05, 0) is 19.8 Å². The molecule has 0 saturated carbocycles. The van der Waals surface area contributed by atoms with E-state index in [0.717, 1.165) is 19.4 Å². The molecule has 56 valence electrons. The maximum absolute atomic E-state index is 8.53. The first-order chi connectivity index (χ1) is 4.84. The van der Waals surface area contributed by atoms with E-state index in [1.165, 1.54) is 0 Å². The molecule has 3 heteroatoms. The molecule has 2 atom stereocenters. The molecule has 1 aliphatic rings. The van der Waals surface area contributed by atoms with Crippen LogP contribution in [0.25, 0.3) is 0 Å². The van der Waals surface area contributed by atoms with E-state index in [4.69, 9.17) is 10.1 Å². The van der Waals surface area contributed by atoms with Gasteiger partial charge in [-0.15, -0.1) is 0 Å². The zero-order valence-corrected chi connectivity index (χ0v) is 6.13. The summed E-state index contributed by atoms with van der Waals surface area (Å²) in [5.41, 5.74) is 2.80. The van der Waals surface area contributed by atoms with Crippen LogP contribution < -0.4 is 5.48 Å². The molecular formula is C7H12N2O. The molecule has 0 radical (unpaired) electrons. The summed E-state index contributed by atoms with van der Waals surface area (Å²) in [6.07, 6.45) is 2.21. The fraction of sp³-hybridized carbons (Fsp3) is 0.857. The lowest BCUT2D eigenvalue weighted by atomic mass is 10.0. The standard InChI is InChI=1S/C7H12N2O/c1-6(5-8)7-3-2-4-9-10-7/h6-7,9H,2-4H2,1H3. The maximum atomic E-state index is 8.53. The van der Waals surface area contributed by atoms with Crippen LogP contribution in [0.15, 0.2) is 0 Å². The van der Waals surface area contributed by atoms with Crippen molar-refractivity contribution in [2.45, 2.75) is 25.9 Å². The van der Waals surface area contributed by atoms with Crippen LogP contribution in [0.2, 0.25) is 0 Å². The Balaban J connectivity index is 2.33. The highest BCUT2D eigenvalue weighted by molar-refractivity contribution is 4.86. The van der Waals surface area contributed by atoms with Crippen molar-refractivity contribution in [2.24, 2.45) is 5.92 Å². The molecule has 3 nitrogen and oxygen atoms in total. The first kappa shape index (κ1) is 7.52. The molecule has 0 aromatic heterocycles. The SMILES string of the molecule is CC(C#N)C1CCCNO1. The van der Waals surface area contributed by atoms with Crippen molar-refractivity contribution in [1.29, 1.82) is 5.26 Å². The number of hydrogen-bond acceptors (Lipinski definition) is 3. The molecule has 0 aromatic carbocycles. The predicted molar refractivity (Wildman–Crippen MR) is 36.9 cm³/mol. The van der Waals surface area contributed by atoms with Crippen LogP contribution in [0.4, 0.5) is 0 Å². The lowest BCUT2D eigenvalue weighted by molar-refractivity contribution is -0.0698. The molecule has 0 aliphatic carbocycles. The van der Waals surface area contributed by atoms with Gasteiger partial charge in [-0.3, -0.25) is 4.84 Å². The van der Waals surface area contributed by atoms with E-state index in [2.05, 4.69) is 11.5 Å². The van der Waals surface area contributed by atoms with Gasteiger partial charge in [-0.1, -0.05) is 0 Å². The van der Waals surface area contributed by atoms with Gasteiger partial charge >= 0.3 is 0 Å². The lowest BCUT2D eigenvalue weighted by Gasteiger charge is -2.23. The van der Waals surface area contributed by atoms with Gasteiger partial charge < -0.3 is 0 Å².